The lowest BCUT2D eigenvalue weighted by Crippen LogP contribution is -2.34. The number of nitrogens with one attached hydrogen (secondary N) is 1. The van der Waals surface area contributed by atoms with Crippen molar-refractivity contribution >= 4 is 31.5 Å². The van der Waals surface area contributed by atoms with Crippen molar-refractivity contribution in [3.8, 4) is 0 Å². The second-order valence-electron chi connectivity index (χ2n) is 4.50. The number of sulfonamides is 1. The van der Waals surface area contributed by atoms with Gasteiger partial charge in [-0.2, -0.15) is 0 Å². The van der Waals surface area contributed by atoms with Crippen LogP contribution in [0.2, 0.25) is 0 Å². The number of sulfone groups is 1. The van der Waals surface area contributed by atoms with Crippen LogP contribution in [0.4, 0.5) is 0 Å². The summed E-state index contributed by atoms with van der Waals surface area (Å²) in [5.74, 6) is -0.576. The molecule has 0 radical (unpaired) electrons. The Bertz CT molecular complexity index is 446. The first-order valence-electron chi connectivity index (χ1n) is 5.49. The summed E-state index contributed by atoms with van der Waals surface area (Å²) in [6, 6.07) is 0. The number of alkyl halides is 1. The lowest BCUT2D eigenvalue weighted by atomic mass is 10.1. The predicted octanol–water partition coefficient (Wildman–Crippen LogP) is 0.358. The number of hydrogen-bond donors (Lipinski definition) is 1. The minimum atomic E-state index is -3.51. The van der Waals surface area contributed by atoms with E-state index >= 15 is 0 Å². The summed E-state index contributed by atoms with van der Waals surface area (Å²) in [7, 11) is -6.76. The SMILES string of the molecule is CS(=O)(=O)CCS(=O)(=O)NCC1CCCC1Cl. The summed E-state index contributed by atoms with van der Waals surface area (Å²) in [4.78, 5) is 0. The molecular formula is C9H18ClNO4S2. The van der Waals surface area contributed by atoms with E-state index in [1.54, 1.807) is 0 Å². The molecule has 0 heterocycles. The third-order valence-corrected chi connectivity index (χ3v) is 5.98. The number of rotatable bonds is 6. The minimum absolute atomic E-state index is 0.0209. The largest absolute Gasteiger partial charge is 0.229 e. The van der Waals surface area contributed by atoms with Crippen LogP contribution in [0, 0.1) is 5.92 Å². The normalized spacial score (nSPS) is 26.2. The molecule has 0 spiro atoms. The molecule has 17 heavy (non-hydrogen) atoms. The molecule has 0 saturated heterocycles. The van der Waals surface area contributed by atoms with E-state index in [-0.39, 0.29) is 22.8 Å². The Labute approximate surface area is 108 Å². The zero-order valence-electron chi connectivity index (χ0n) is 9.72. The Morgan fingerprint density at radius 3 is 2.29 bits per heavy atom. The van der Waals surface area contributed by atoms with Gasteiger partial charge in [0.25, 0.3) is 0 Å². The zero-order chi connectivity index (χ0) is 13.1. The van der Waals surface area contributed by atoms with Gasteiger partial charge in [-0.25, -0.2) is 21.6 Å². The Hall–Kier alpha value is 0.150. The topological polar surface area (TPSA) is 80.3 Å². The summed E-state index contributed by atoms with van der Waals surface area (Å²) < 4.78 is 47.2. The van der Waals surface area contributed by atoms with Crippen LogP contribution in [0.5, 0.6) is 0 Å². The highest BCUT2D eigenvalue weighted by atomic mass is 35.5. The van der Waals surface area contributed by atoms with Gasteiger partial charge in [-0.15, -0.1) is 11.6 Å². The first-order valence-corrected chi connectivity index (χ1v) is 9.64. The van der Waals surface area contributed by atoms with Crippen LogP contribution < -0.4 is 4.72 Å². The van der Waals surface area contributed by atoms with Crippen LogP contribution in [-0.4, -0.2) is 46.5 Å². The van der Waals surface area contributed by atoms with Crippen molar-refractivity contribution in [2.75, 3.05) is 24.3 Å². The third kappa shape index (κ3) is 6.03. The summed E-state index contributed by atoms with van der Waals surface area (Å²) in [6.07, 6.45) is 3.87. The summed E-state index contributed by atoms with van der Waals surface area (Å²) in [6.45, 7) is 0.306. The van der Waals surface area contributed by atoms with Crippen molar-refractivity contribution < 1.29 is 16.8 Å². The highest BCUT2D eigenvalue weighted by Gasteiger charge is 2.26. The fourth-order valence-electron chi connectivity index (χ4n) is 1.79. The van der Waals surface area contributed by atoms with Crippen LogP contribution >= 0.6 is 11.6 Å². The first-order chi connectivity index (χ1) is 7.70. The van der Waals surface area contributed by atoms with Gasteiger partial charge >= 0.3 is 0 Å². The van der Waals surface area contributed by atoms with Gasteiger partial charge < -0.3 is 0 Å². The molecule has 1 rings (SSSR count). The molecule has 1 fully saturated rings. The first kappa shape index (κ1) is 15.2. The van der Waals surface area contributed by atoms with Crippen molar-refractivity contribution in [2.45, 2.75) is 24.6 Å². The lowest BCUT2D eigenvalue weighted by Gasteiger charge is -2.14. The van der Waals surface area contributed by atoms with Crippen molar-refractivity contribution in [1.29, 1.82) is 0 Å². The van der Waals surface area contributed by atoms with Crippen LogP contribution in [0.15, 0.2) is 0 Å². The molecule has 1 aliphatic carbocycles. The zero-order valence-corrected chi connectivity index (χ0v) is 12.1. The molecule has 0 aliphatic heterocycles. The Kier molecular flexibility index (Phi) is 5.24. The van der Waals surface area contributed by atoms with E-state index in [9.17, 15) is 16.8 Å². The molecule has 8 heteroatoms. The molecule has 0 aromatic heterocycles. The van der Waals surface area contributed by atoms with Gasteiger partial charge in [0.05, 0.1) is 11.5 Å². The highest BCUT2D eigenvalue weighted by Crippen LogP contribution is 2.29. The maximum absolute atomic E-state index is 11.5. The Morgan fingerprint density at radius 2 is 1.82 bits per heavy atom. The smallest absolute Gasteiger partial charge is 0.212 e. The van der Waals surface area contributed by atoms with Gasteiger partial charge in [-0.3, -0.25) is 0 Å². The molecule has 0 bridgehead atoms. The van der Waals surface area contributed by atoms with E-state index in [1.807, 2.05) is 0 Å². The molecular weight excluding hydrogens is 286 g/mol. The van der Waals surface area contributed by atoms with Gasteiger partial charge in [-0.05, 0) is 18.8 Å². The maximum atomic E-state index is 11.5. The molecule has 0 aromatic carbocycles. The lowest BCUT2D eigenvalue weighted by molar-refractivity contribution is 0.524. The van der Waals surface area contributed by atoms with Crippen LogP contribution in [0.25, 0.3) is 0 Å². The molecule has 1 N–H and O–H groups in total. The van der Waals surface area contributed by atoms with E-state index < -0.39 is 19.9 Å². The van der Waals surface area contributed by atoms with Crippen molar-refractivity contribution in [3.05, 3.63) is 0 Å². The van der Waals surface area contributed by atoms with Crippen LogP contribution in [0.3, 0.4) is 0 Å². The average molecular weight is 304 g/mol. The second kappa shape index (κ2) is 5.86. The van der Waals surface area contributed by atoms with Gasteiger partial charge in [0.2, 0.25) is 10.0 Å². The van der Waals surface area contributed by atoms with Gasteiger partial charge in [-0.1, -0.05) is 6.42 Å². The van der Waals surface area contributed by atoms with E-state index in [1.165, 1.54) is 0 Å². The Morgan fingerprint density at radius 1 is 1.18 bits per heavy atom. The van der Waals surface area contributed by atoms with Gasteiger partial charge in [0.1, 0.15) is 9.84 Å². The fourth-order valence-corrected chi connectivity index (χ4v) is 4.86. The molecule has 102 valence electrons. The molecule has 2 unspecified atom stereocenters. The Balaban J connectivity index is 2.39. The van der Waals surface area contributed by atoms with Crippen molar-refractivity contribution in [3.63, 3.8) is 0 Å². The fraction of sp³-hybridized carbons (Fsp3) is 1.00. The van der Waals surface area contributed by atoms with Gasteiger partial charge in [0.15, 0.2) is 0 Å². The maximum Gasteiger partial charge on any atom is 0.212 e. The number of halogens is 1. The predicted molar refractivity (Wildman–Crippen MR) is 68.5 cm³/mol. The molecule has 1 saturated carbocycles. The summed E-state index contributed by atoms with van der Waals surface area (Å²) in [5, 5.41) is 0.0209. The van der Waals surface area contributed by atoms with Gasteiger partial charge in [0, 0.05) is 18.2 Å². The molecule has 2 atom stereocenters. The van der Waals surface area contributed by atoms with E-state index in [0.29, 0.717) is 6.54 Å². The van der Waals surface area contributed by atoms with Crippen LogP contribution in [-0.2, 0) is 19.9 Å². The monoisotopic (exact) mass is 303 g/mol. The number of hydrogen-bond acceptors (Lipinski definition) is 4. The molecule has 0 amide bonds. The summed E-state index contributed by atoms with van der Waals surface area (Å²) >= 11 is 6.03. The van der Waals surface area contributed by atoms with Crippen molar-refractivity contribution in [1.82, 2.24) is 4.72 Å². The molecule has 1 aliphatic rings. The summed E-state index contributed by atoms with van der Waals surface area (Å²) in [5.41, 5.74) is 0. The standard InChI is InChI=1S/C9H18ClNO4S2/c1-16(12,13)5-6-17(14,15)11-7-8-3-2-4-9(8)10/h8-9,11H,2-7H2,1H3. The quantitative estimate of drug-likeness (QED) is 0.718. The molecule has 0 aromatic rings. The third-order valence-electron chi connectivity index (χ3n) is 2.85. The minimum Gasteiger partial charge on any atom is -0.229 e. The average Bonchev–Trinajstić information content (AvgIpc) is 2.58. The van der Waals surface area contributed by atoms with E-state index in [4.69, 9.17) is 11.6 Å². The van der Waals surface area contributed by atoms with E-state index in [0.717, 1.165) is 25.5 Å². The van der Waals surface area contributed by atoms with Crippen molar-refractivity contribution in [2.24, 2.45) is 5.92 Å². The second-order valence-corrected chi connectivity index (χ2v) is 9.25. The molecule has 5 nitrogen and oxygen atoms in total. The van der Waals surface area contributed by atoms with Crippen LogP contribution in [0.1, 0.15) is 19.3 Å². The highest BCUT2D eigenvalue weighted by molar-refractivity contribution is 7.93. The van der Waals surface area contributed by atoms with E-state index in [2.05, 4.69) is 4.72 Å².